The number of nitrogens with one attached hydrogen (secondary N) is 1. The fraction of sp³-hybridized carbons (Fsp3) is 0.278. The minimum absolute atomic E-state index is 0.0256. The van der Waals surface area contributed by atoms with Crippen LogP contribution in [0.15, 0.2) is 48.5 Å². The van der Waals surface area contributed by atoms with Crippen LogP contribution in [0.2, 0.25) is 5.02 Å². The van der Waals surface area contributed by atoms with Crippen LogP contribution in [-0.4, -0.2) is 18.6 Å². The highest BCUT2D eigenvalue weighted by Gasteiger charge is 2.09. The zero-order valence-corrected chi connectivity index (χ0v) is 13.6. The van der Waals surface area contributed by atoms with Crippen LogP contribution < -0.4 is 10.1 Å². The molecule has 0 saturated carbocycles. The Balaban J connectivity index is 1.76. The summed E-state index contributed by atoms with van der Waals surface area (Å²) in [7, 11) is 0. The van der Waals surface area contributed by atoms with Crippen molar-refractivity contribution in [3.63, 3.8) is 0 Å². The third-order valence-corrected chi connectivity index (χ3v) is 3.46. The molecule has 0 fully saturated rings. The number of hydrogen-bond donors (Lipinski definition) is 1. The lowest BCUT2D eigenvalue weighted by Crippen LogP contribution is -2.37. The van der Waals surface area contributed by atoms with Gasteiger partial charge in [-0.05, 0) is 43.7 Å². The van der Waals surface area contributed by atoms with Crippen molar-refractivity contribution in [3.8, 4) is 5.75 Å². The molecule has 0 aromatic heterocycles. The van der Waals surface area contributed by atoms with Gasteiger partial charge in [-0.15, -0.1) is 0 Å². The van der Waals surface area contributed by atoms with Crippen LogP contribution in [0, 0.1) is 6.92 Å². The summed E-state index contributed by atoms with van der Waals surface area (Å²) in [5, 5.41) is 3.60. The zero-order chi connectivity index (χ0) is 15.9. The second-order valence-electron chi connectivity index (χ2n) is 5.40. The second kappa shape index (κ2) is 7.85. The first-order valence-corrected chi connectivity index (χ1v) is 7.64. The Morgan fingerprint density at radius 1 is 1.14 bits per heavy atom. The van der Waals surface area contributed by atoms with Gasteiger partial charge in [0, 0.05) is 5.02 Å². The lowest BCUT2D eigenvalue weighted by atomic mass is 10.1. The summed E-state index contributed by atoms with van der Waals surface area (Å²) in [6, 6.07) is 15.1. The number of rotatable bonds is 6. The highest BCUT2D eigenvalue weighted by atomic mass is 35.5. The maximum absolute atomic E-state index is 12.0. The van der Waals surface area contributed by atoms with E-state index in [1.165, 1.54) is 5.56 Å². The van der Waals surface area contributed by atoms with Gasteiger partial charge in [-0.2, -0.15) is 0 Å². The fourth-order valence-corrected chi connectivity index (χ4v) is 2.14. The number of aryl methyl sites for hydroxylation is 1. The van der Waals surface area contributed by atoms with Crippen molar-refractivity contribution in [2.75, 3.05) is 6.61 Å². The first-order chi connectivity index (χ1) is 10.5. The molecule has 1 atom stereocenters. The van der Waals surface area contributed by atoms with Crippen molar-refractivity contribution >= 4 is 17.5 Å². The van der Waals surface area contributed by atoms with Gasteiger partial charge in [0.1, 0.15) is 12.4 Å². The quantitative estimate of drug-likeness (QED) is 0.880. The van der Waals surface area contributed by atoms with Gasteiger partial charge < -0.3 is 10.1 Å². The van der Waals surface area contributed by atoms with Crippen LogP contribution >= 0.6 is 11.6 Å². The standard InChI is InChI=1S/C18H20ClNO2/c1-13-3-9-17(10-4-13)22-12-14(2)20-18(21)11-15-5-7-16(19)8-6-15/h3-10,14H,11-12H2,1-2H3,(H,20,21). The maximum atomic E-state index is 12.0. The third-order valence-electron chi connectivity index (χ3n) is 3.21. The van der Waals surface area contributed by atoms with Crippen LogP contribution in [-0.2, 0) is 11.2 Å². The summed E-state index contributed by atoms with van der Waals surface area (Å²) in [5.41, 5.74) is 2.13. The summed E-state index contributed by atoms with van der Waals surface area (Å²) >= 11 is 5.82. The molecule has 0 radical (unpaired) electrons. The number of carbonyl (C=O) groups excluding carboxylic acids is 1. The van der Waals surface area contributed by atoms with Gasteiger partial charge in [0.2, 0.25) is 5.91 Å². The van der Waals surface area contributed by atoms with E-state index < -0.39 is 0 Å². The molecule has 2 aromatic rings. The second-order valence-corrected chi connectivity index (χ2v) is 5.83. The van der Waals surface area contributed by atoms with Gasteiger partial charge in [-0.1, -0.05) is 41.4 Å². The molecule has 0 spiro atoms. The molecule has 1 amide bonds. The molecule has 0 heterocycles. The topological polar surface area (TPSA) is 38.3 Å². The summed E-state index contributed by atoms with van der Waals surface area (Å²) in [5.74, 6) is 0.784. The van der Waals surface area contributed by atoms with Gasteiger partial charge in [-0.3, -0.25) is 4.79 Å². The van der Waals surface area contributed by atoms with Gasteiger partial charge in [0.15, 0.2) is 0 Å². The molecule has 3 nitrogen and oxygen atoms in total. The van der Waals surface area contributed by atoms with Crippen molar-refractivity contribution in [2.24, 2.45) is 0 Å². The highest BCUT2D eigenvalue weighted by Crippen LogP contribution is 2.12. The normalized spacial score (nSPS) is 11.8. The zero-order valence-electron chi connectivity index (χ0n) is 12.8. The molecule has 4 heteroatoms. The molecule has 22 heavy (non-hydrogen) atoms. The van der Waals surface area contributed by atoms with Crippen LogP contribution in [0.3, 0.4) is 0 Å². The van der Waals surface area contributed by atoms with E-state index in [0.29, 0.717) is 18.1 Å². The maximum Gasteiger partial charge on any atom is 0.224 e. The Kier molecular flexibility index (Phi) is 5.84. The summed E-state index contributed by atoms with van der Waals surface area (Å²) < 4.78 is 5.66. The number of carbonyl (C=O) groups is 1. The van der Waals surface area contributed by atoms with Crippen molar-refractivity contribution in [2.45, 2.75) is 26.3 Å². The van der Waals surface area contributed by atoms with Gasteiger partial charge in [0.25, 0.3) is 0 Å². The SMILES string of the molecule is Cc1ccc(OCC(C)NC(=O)Cc2ccc(Cl)cc2)cc1. The molecule has 2 aromatic carbocycles. The van der Waals surface area contributed by atoms with Gasteiger partial charge in [0.05, 0.1) is 12.5 Å². The van der Waals surface area contributed by atoms with Crippen LogP contribution in [0.1, 0.15) is 18.1 Å². The number of hydrogen-bond acceptors (Lipinski definition) is 2. The van der Waals surface area contributed by atoms with Crippen molar-refractivity contribution in [3.05, 3.63) is 64.7 Å². The van der Waals surface area contributed by atoms with E-state index in [9.17, 15) is 4.79 Å². The Morgan fingerprint density at radius 2 is 1.77 bits per heavy atom. The Morgan fingerprint density at radius 3 is 2.41 bits per heavy atom. The number of ether oxygens (including phenoxy) is 1. The number of benzene rings is 2. The molecular weight excluding hydrogens is 298 g/mol. The van der Waals surface area contributed by atoms with Crippen molar-refractivity contribution in [1.82, 2.24) is 5.32 Å². The molecule has 1 N–H and O–H groups in total. The minimum atomic E-state index is -0.0545. The fourth-order valence-electron chi connectivity index (χ4n) is 2.01. The molecule has 0 aliphatic rings. The molecule has 2 rings (SSSR count). The van der Waals surface area contributed by atoms with Gasteiger partial charge >= 0.3 is 0 Å². The van der Waals surface area contributed by atoms with E-state index in [-0.39, 0.29) is 11.9 Å². The molecular formula is C18H20ClNO2. The molecule has 0 saturated heterocycles. The highest BCUT2D eigenvalue weighted by molar-refractivity contribution is 6.30. The summed E-state index contributed by atoms with van der Waals surface area (Å²) in [4.78, 5) is 12.0. The Bertz CT molecular complexity index is 608. The largest absolute Gasteiger partial charge is 0.491 e. The van der Waals surface area contributed by atoms with Crippen LogP contribution in [0.5, 0.6) is 5.75 Å². The minimum Gasteiger partial charge on any atom is -0.491 e. The van der Waals surface area contributed by atoms with E-state index in [2.05, 4.69) is 5.32 Å². The first-order valence-electron chi connectivity index (χ1n) is 7.26. The lowest BCUT2D eigenvalue weighted by molar-refractivity contribution is -0.121. The van der Waals surface area contributed by atoms with E-state index >= 15 is 0 Å². The van der Waals surface area contributed by atoms with E-state index in [0.717, 1.165) is 11.3 Å². The van der Waals surface area contributed by atoms with E-state index in [1.54, 1.807) is 12.1 Å². The van der Waals surface area contributed by atoms with Crippen LogP contribution in [0.25, 0.3) is 0 Å². The average Bonchev–Trinajstić information content (AvgIpc) is 2.49. The molecule has 0 aliphatic carbocycles. The average molecular weight is 318 g/mol. The van der Waals surface area contributed by atoms with Gasteiger partial charge in [-0.25, -0.2) is 0 Å². The Hall–Kier alpha value is -2.00. The summed E-state index contributed by atoms with van der Waals surface area (Å²) in [6.45, 7) is 4.40. The molecule has 0 aliphatic heterocycles. The smallest absolute Gasteiger partial charge is 0.224 e. The predicted octanol–water partition coefficient (Wildman–Crippen LogP) is 3.77. The van der Waals surface area contributed by atoms with Crippen molar-refractivity contribution in [1.29, 1.82) is 0 Å². The van der Waals surface area contributed by atoms with E-state index in [1.807, 2.05) is 50.2 Å². The lowest BCUT2D eigenvalue weighted by Gasteiger charge is -2.15. The predicted molar refractivity (Wildman–Crippen MR) is 89.4 cm³/mol. The molecule has 0 bridgehead atoms. The van der Waals surface area contributed by atoms with Crippen LogP contribution in [0.4, 0.5) is 0 Å². The monoisotopic (exact) mass is 317 g/mol. The third kappa shape index (κ3) is 5.41. The Labute approximate surface area is 136 Å². The summed E-state index contributed by atoms with van der Waals surface area (Å²) in [6.07, 6.45) is 0.339. The number of halogens is 1. The van der Waals surface area contributed by atoms with E-state index in [4.69, 9.17) is 16.3 Å². The molecule has 1 unspecified atom stereocenters. The first kappa shape index (κ1) is 16.4. The number of amides is 1. The molecule has 116 valence electrons. The van der Waals surface area contributed by atoms with Crippen molar-refractivity contribution < 1.29 is 9.53 Å².